The van der Waals surface area contributed by atoms with Crippen LogP contribution in [0.25, 0.3) is 0 Å². The zero-order valence-electron chi connectivity index (χ0n) is 15.6. The van der Waals surface area contributed by atoms with Crippen molar-refractivity contribution in [3.63, 3.8) is 0 Å². The van der Waals surface area contributed by atoms with Crippen LogP contribution in [0.15, 0.2) is 36.4 Å². The van der Waals surface area contributed by atoms with Gasteiger partial charge < -0.3 is 19.9 Å². The zero-order chi connectivity index (χ0) is 20.8. The fraction of sp³-hybridized carbons (Fsp3) is 0.263. The van der Waals surface area contributed by atoms with Crippen molar-refractivity contribution in [1.29, 1.82) is 0 Å². The number of amides is 1. The number of aliphatic carboxylic acids is 1. The Morgan fingerprint density at radius 1 is 1.25 bits per heavy atom. The van der Waals surface area contributed by atoms with Gasteiger partial charge in [0.25, 0.3) is 5.91 Å². The van der Waals surface area contributed by atoms with Crippen LogP contribution in [0, 0.1) is 24.0 Å². The number of carboxylic acid groups (broad SMARTS) is 1. The molecule has 0 aliphatic heterocycles. The van der Waals surface area contributed by atoms with Crippen molar-refractivity contribution in [3.05, 3.63) is 63.2 Å². The third-order valence-corrected chi connectivity index (χ3v) is 4.23. The number of methoxy groups -OCH3 is 1. The normalized spacial score (nSPS) is 11.4. The molecule has 0 radical (unpaired) electrons. The van der Waals surface area contributed by atoms with Gasteiger partial charge in [0, 0.05) is 12.1 Å². The second-order valence-electron chi connectivity index (χ2n) is 6.01. The molecule has 9 nitrogen and oxygen atoms in total. The van der Waals surface area contributed by atoms with Crippen LogP contribution < -0.4 is 14.8 Å². The minimum atomic E-state index is -1.22. The molecule has 9 heteroatoms. The lowest BCUT2D eigenvalue weighted by Gasteiger charge is -2.18. The number of ether oxygens (including phenoxy) is 2. The lowest BCUT2D eigenvalue weighted by molar-refractivity contribution is -0.385. The molecule has 0 aliphatic rings. The van der Waals surface area contributed by atoms with Crippen LogP contribution in [0.3, 0.4) is 0 Å². The summed E-state index contributed by atoms with van der Waals surface area (Å²) in [4.78, 5) is 34.1. The maximum atomic E-state index is 12.2. The van der Waals surface area contributed by atoms with Crippen LogP contribution in [-0.4, -0.2) is 35.6 Å². The topological polar surface area (TPSA) is 128 Å². The van der Waals surface area contributed by atoms with Gasteiger partial charge in [-0.15, -0.1) is 0 Å². The van der Waals surface area contributed by atoms with E-state index in [0.29, 0.717) is 5.56 Å². The lowest BCUT2D eigenvalue weighted by Crippen LogP contribution is -2.37. The fourth-order valence-corrected chi connectivity index (χ4v) is 2.61. The van der Waals surface area contributed by atoms with E-state index in [1.807, 2.05) is 13.0 Å². The Morgan fingerprint density at radius 3 is 2.57 bits per heavy atom. The quantitative estimate of drug-likeness (QED) is 0.525. The number of rotatable bonds is 8. The van der Waals surface area contributed by atoms with Crippen molar-refractivity contribution in [2.45, 2.75) is 19.9 Å². The number of nitrogens with one attached hydrogen (secondary N) is 1. The molecule has 0 spiro atoms. The molecule has 1 atom stereocenters. The smallest absolute Gasteiger partial charge is 0.330 e. The number of hydrogen-bond donors (Lipinski definition) is 2. The molecule has 0 heterocycles. The summed E-state index contributed by atoms with van der Waals surface area (Å²) in [5.41, 5.74) is 1.93. The number of carbonyl (C=O) groups excluding carboxylic acids is 1. The van der Waals surface area contributed by atoms with E-state index in [2.05, 4.69) is 5.32 Å². The van der Waals surface area contributed by atoms with Crippen LogP contribution in [0.4, 0.5) is 5.69 Å². The van der Waals surface area contributed by atoms with E-state index in [1.165, 1.54) is 25.3 Å². The summed E-state index contributed by atoms with van der Waals surface area (Å²) in [5, 5.41) is 22.8. The molecule has 1 amide bonds. The minimum Gasteiger partial charge on any atom is -0.490 e. The number of benzene rings is 2. The fourth-order valence-electron chi connectivity index (χ4n) is 2.61. The van der Waals surface area contributed by atoms with Crippen LogP contribution in [-0.2, 0) is 9.59 Å². The molecule has 2 aromatic rings. The van der Waals surface area contributed by atoms with Gasteiger partial charge in [0.2, 0.25) is 5.75 Å². The molecule has 2 aromatic carbocycles. The number of hydrogen-bond acceptors (Lipinski definition) is 6. The Bertz CT molecular complexity index is 911. The van der Waals surface area contributed by atoms with Crippen molar-refractivity contribution < 1.29 is 29.1 Å². The van der Waals surface area contributed by atoms with Gasteiger partial charge in [0.05, 0.1) is 12.0 Å². The van der Waals surface area contributed by atoms with E-state index in [1.54, 1.807) is 19.1 Å². The first kappa shape index (κ1) is 20.7. The molecule has 0 saturated heterocycles. The minimum absolute atomic E-state index is 0.0123. The highest BCUT2D eigenvalue weighted by atomic mass is 16.6. The second kappa shape index (κ2) is 8.85. The number of nitro groups is 1. The molecule has 0 fully saturated rings. The van der Waals surface area contributed by atoms with E-state index in [4.69, 9.17) is 9.47 Å². The second-order valence-corrected chi connectivity index (χ2v) is 6.01. The van der Waals surface area contributed by atoms with Gasteiger partial charge in [-0.25, -0.2) is 4.79 Å². The van der Waals surface area contributed by atoms with Gasteiger partial charge >= 0.3 is 11.7 Å². The Kier molecular flexibility index (Phi) is 6.54. The Hall–Kier alpha value is -3.62. The van der Waals surface area contributed by atoms with E-state index >= 15 is 0 Å². The summed E-state index contributed by atoms with van der Waals surface area (Å²) >= 11 is 0. The van der Waals surface area contributed by atoms with Gasteiger partial charge in [0.15, 0.2) is 12.6 Å². The highest BCUT2D eigenvalue weighted by molar-refractivity contribution is 5.85. The van der Waals surface area contributed by atoms with Crippen LogP contribution >= 0.6 is 0 Å². The summed E-state index contributed by atoms with van der Waals surface area (Å²) in [6.45, 7) is 3.17. The maximum absolute atomic E-state index is 12.2. The molecular weight excluding hydrogens is 368 g/mol. The Balaban J connectivity index is 2.09. The molecular formula is C19H20N2O7. The van der Waals surface area contributed by atoms with Crippen LogP contribution in [0.2, 0.25) is 0 Å². The molecule has 2 N–H and O–H groups in total. The molecule has 0 saturated carbocycles. The molecule has 28 heavy (non-hydrogen) atoms. The first-order valence-electron chi connectivity index (χ1n) is 8.28. The maximum Gasteiger partial charge on any atom is 0.330 e. The standard InChI is InChI=1S/C19H20N2O7/c1-11-5-4-6-14(12(11)2)18(19(23)24)20-17(22)10-28-13-7-8-15(21(25)26)16(9-13)27-3/h4-9,18H,10H2,1-3H3,(H,20,22)(H,23,24). The van der Waals surface area contributed by atoms with E-state index in [-0.39, 0.29) is 17.2 Å². The molecule has 1 unspecified atom stereocenters. The van der Waals surface area contributed by atoms with Crippen molar-refractivity contribution >= 4 is 17.6 Å². The number of nitrogens with zero attached hydrogens (tertiary/aromatic N) is 1. The summed E-state index contributed by atoms with van der Waals surface area (Å²) < 4.78 is 10.2. The first-order chi connectivity index (χ1) is 13.2. The van der Waals surface area contributed by atoms with Crippen molar-refractivity contribution in [3.8, 4) is 11.5 Å². The highest BCUT2D eigenvalue weighted by Crippen LogP contribution is 2.30. The van der Waals surface area contributed by atoms with Gasteiger partial charge in [-0.1, -0.05) is 18.2 Å². The summed E-state index contributed by atoms with van der Waals surface area (Å²) in [7, 11) is 1.28. The highest BCUT2D eigenvalue weighted by Gasteiger charge is 2.24. The SMILES string of the molecule is COc1cc(OCC(=O)NC(C(=O)O)c2cccc(C)c2C)ccc1[N+](=O)[O-]. The van der Waals surface area contributed by atoms with E-state index in [0.717, 1.165) is 11.1 Å². The number of aryl methyl sites for hydroxylation is 1. The third-order valence-electron chi connectivity index (χ3n) is 4.23. The van der Waals surface area contributed by atoms with Gasteiger partial charge in [-0.05, 0) is 36.6 Å². The third kappa shape index (κ3) is 4.76. The summed E-state index contributed by atoms with van der Waals surface area (Å²) in [6.07, 6.45) is 0. The predicted molar refractivity (Wildman–Crippen MR) is 99.6 cm³/mol. The predicted octanol–water partition coefficient (Wildman–Crippen LogP) is 2.54. The number of nitro benzene ring substituents is 1. The number of carbonyl (C=O) groups is 2. The summed E-state index contributed by atoms with van der Waals surface area (Å²) in [5.74, 6) is -1.68. The van der Waals surface area contributed by atoms with Crippen LogP contribution in [0.5, 0.6) is 11.5 Å². The molecule has 2 rings (SSSR count). The van der Waals surface area contributed by atoms with Crippen molar-refractivity contribution in [2.75, 3.05) is 13.7 Å². The largest absolute Gasteiger partial charge is 0.490 e. The molecule has 0 bridgehead atoms. The Labute approximate surface area is 161 Å². The summed E-state index contributed by atoms with van der Waals surface area (Å²) in [6, 6.07) is 7.80. The zero-order valence-corrected chi connectivity index (χ0v) is 15.6. The van der Waals surface area contributed by atoms with Gasteiger partial charge in [-0.3, -0.25) is 14.9 Å². The monoisotopic (exact) mass is 388 g/mol. The number of carboxylic acids is 1. The van der Waals surface area contributed by atoms with E-state index in [9.17, 15) is 24.8 Å². The van der Waals surface area contributed by atoms with Gasteiger partial charge in [-0.2, -0.15) is 0 Å². The molecule has 148 valence electrons. The first-order valence-corrected chi connectivity index (χ1v) is 8.28. The van der Waals surface area contributed by atoms with Crippen LogP contribution in [0.1, 0.15) is 22.7 Å². The molecule has 0 aliphatic carbocycles. The average molecular weight is 388 g/mol. The molecule has 0 aromatic heterocycles. The average Bonchev–Trinajstić information content (AvgIpc) is 2.66. The van der Waals surface area contributed by atoms with E-state index < -0.39 is 29.4 Å². The van der Waals surface area contributed by atoms with Crippen molar-refractivity contribution in [1.82, 2.24) is 5.32 Å². The Morgan fingerprint density at radius 2 is 1.96 bits per heavy atom. The van der Waals surface area contributed by atoms with Crippen molar-refractivity contribution in [2.24, 2.45) is 0 Å². The lowest BCUT2D eigenvalue weighted by atomic mass is 9.97. The van der Waals surface area contributed by atoms with Gasteiger partial charge in [0.1, 0.15) is 5.75 Å².